The van der Waals surface area contributed by atoms with E-state index in [2.05, 4.69) is 0 Å². The SMILES string of the molecule is COC(=O)[C@@H](c1cc(C(F)(F)F)cc(C(F)(F)F)c1)[C@H]1CC(C)N(C(=O)OC(C)C)c2ccc(F)cc21. The van der Waals surface area contributed by atoms with Gasteiger partial charge in [-0.1, -0.05) is 0 Å². The topological polar surface area (TPSA) is 55.8 Å². The van der Waals surface area contributed by atoms with Crippen molar-refractivity contribution in [1.29, 1.82) is 0 Å². The number of esters is 1. The van der Waals surface area contributed by atoms with E-state index in [0.717, 1.165) is 19.2 Å². The van der Waals surface area contributed by atoms with Crippen LogP contribution in [0.2, 0.25) is 0 Å². The van der Waals surface area contributed by atoms with Gasteiger partial charge in [0.2, 0.25) is 0 Å². The molecule has 1 unspecified atom stereocenters. The van der Waals surface area contributed by atoms with Crippen molar-refractivity contribution in [2.75, 3.05) is 12.0 Å². The van der Waals surface area contributed by atoms with Crippen molar-refractivity contribution in [3.05, 3.63) is 64.5 Å². The van der Waals surface area contributed by atoms with Gasteiger partial charge in [0, 0.05) is 12.0 Å². The van der Waals surface area contributed by atoms with Gasteiger partial charge in [-0.15, -0.1) is 0 Å². The number of hydrogen-bond acceptors (Lipinski definition) is 4. The summed E-state index contributed by atoms with van der Waals surface area (Å²) in [6, 6.07) is 3.45. The Morgan fingerprint density at radius 3 is 2.03 bits per heavy atom. The fourth-order valence-electron chi connectivity index (χ4n) is 4.55. The molecule has 0 N–H and O–H groups in total. The zero-order chi connectivity index (χ0) is 27.9. The van der Waals surface area contributed by atoms with Gasteiger partial charge in [-0.3, -0.25) is 9.69 Å². The van der Waals surface area contributed by atoms with Crippen molar-refractivity contribution < 1.29 is 49.8 Å². The summed E-state index contributed by atoms with van der Waals surface area (Å²) in [5, 5.41) is 0. The zero-order valence-corrected chi connectivity index (χ0v) is 20.2. The lowest BCUT2D eigenvalue weighted by Gasteiger charge is -2.41. The molecule has 0 aromatic heterocycles. The van der Waals surface area contributed by atoms with Crippen molar-refractivity contribution >= 4 is 17.7 Å². The average molecular weight is 535 g/mol. The molecule has 0 radical (unpaired) electrons. The summed E-state index contributed by atoms with van der Waals surface area (Å²) in [6.45, 7) is 4.79. The fraction of sp³-hybridized carbons (Fsp3) is 0.440. The number of carbonyl (C=O) groups is 2. The molecule has 0 aliphatic carbocycles. The number of halogens is 7. The minimum Gasteiger partial charge on any atom is -0.469 e. The standard InChI is InChI=1S/C25H24F7NO4/c1-12(2)37-23(35)33-13(3)7-19(18-11-17(26)5-6-20(18)33)21(22(34)36-4)14-8-15(24(27,28)29)10-16(9-14)25(30,31)32/h5-6,8-13,19,21H,7H2,1-4H3/t13?,19-,21-/m0/s1. The fourth-order valence-corrected chi connectivity index (χ4v) is 4.55. The van der Waals surface area contributed by atoms with Crippen LogP contribution in [0.5, 0.6) is 0 Å². The summed E-state index contributed by atoms with van der Waals surface area (Å²) in [5.74, 6) is -4.68. The molecule has 3 rings (SSSR count). The van der Waals surface area contributed by atoms with Crippen molar-refractivity contribution in [3.63, 3.8) is 0 Å². The molecule has 12 heteroatoms. The Morgan fingerprint density at radius 1 is 0.973 bits per heavy atom. The Labute approximate surface area is 208 Å². The first kappa shape index (κ1) is 28.3. The van der Waals surface area contributed by atoms with Crippen LogP contribution in [0.4, 0.5) is 41.2 Å². The molecule has 0 saturated carbocycles. The number of anilines is 1. The molecule has 202 valence electrons. The van der Waals surface area contributed by atoms with Gasteiger partial charge in [-0.25, -0.2) is 9.18 Å². The molecule has 3 atom stereocenters. The lowest BCUT2D eigenvalue weighted by Crippen LogP contribution is -2.45. The quantitative estimate of drug-likeness (QED) is 0.311. The van der Waals surface area contributed by atoms with Crippen LogP contribution in [0.3, 0.4) is 0 Å². The Bertz CT molecular complexity index is 1140. The summed E-state index contributed by atoms with van der Waals surface area (Å²) >= 11 is 0. The summed E-state index contributed by atoms with van der Waals surface area (Å²) in [4.78, 5) is 26.9. The molecule has 0 saturated heterocycles. The molecule has 1 aliphatic heterocycles. The second-order valence-electron chi connectivity index (χ2n) is 9.04. The van der Waals surface area contributed by atoms with Crippen molar-refractivity contribution in [2.45, 2.75) is 63.5 Å². The number of nitrogens with zero attached hydrogens (tertiary/aromatic N) is 1. The highest BCUT2D eigenvalue weighted by molar-refractivity contribution is 5.91. The van der Waals surface area contributed by atoms with Crippen LogP contribution < -0.4 is 4.90 Å². The molecular weight excluding hydrogens is 511 g/mol. The monoisotopic (exact) mass is 535 g/mol. The zero-order valence-electron chi connectivity index (χ0n) is 20.2. The van der Waals surface area contributed by atoms with Gasteiger partial charge >= 0.3 is 24.4 Å². The number of carbonyl (C=O) groups excluding carboxylic acids is 2. The maximum atomic E-state index is 14.3. The summed E-state index contributed by atoms with van der Waals surface area (Å²) in [5.41, 5.74) is -3.64. The normalized spacial score (nSPS) is 18.9. The lowest BCUT2D eigenvalue weighted by atomic mass is 9.74. The highest BCUT2D eigenvalue weighted by Crippen LogP contribution is 2.48. The minimum absolute atomic E-state index is 0.0418. The van der Waals surface area contributed by atoms with Crippen LogP contribution in [-0.2, 0) is 26.6 Å². The van der Waals surface area contributed by atoms with E-state index < -0.39 is 70.9 Å². The smallest absolute Gasteiger partial charge is 0.416 e. The van der Waals surface area contributed by atoms with Gasteiger partial charge in [0.1, 0.15) is 5.82 Å². The van der Waals surface area contributed by atoms with E-state index in [-0.39, 0.29) is 23.7 Å². The van der Waals surface area contributed by atoms with E-state index in [0.29, 0.717) is 12.1 Å². The molecule has 0 spiro atoms. The predicted molar refractivity (Wildman–Crippen MR) is 119 cm³/mol. The number of hydrogen-bond donors (Lipinski definition) is 0. The van der Waals surface area contributed by atoms with E-state index in [1.165, 1.54) is 11.0 Å². The highest BCUT2D eigenvalue weighted by Gasteiger charge is 2.44. The van der Waals surface area contributed by atoms with Crippen LogP contribution in [0.1, 0.15) is 61.3 Å². The second-order valence-corrected chi connectivity index (χ2v) is 9.04. The number of methoxy groups -OCH3 is 1. The predicted octanol–water partition coefficient (Wildman–Crippen LogP) is 7.05. The van der Waals surface area contributed by atoms with Gasteiger partial charge in [0.15, 0.2) is 0 Å². The molecule has 1 heterocycles. The molecule has 5 nitrogen and oxygen atoms in total. The molecular formula is C25H24F7NO4. The van der Waals surface area contributed by atoms with Gasteiger partial charge < -0.3 is 9.47 Å². The molecule has 1 amide bonds. The Kier molecular flexibility index (Phi) is 7.80. The molecule has 1 aliphatic rings. The Hall–Kier alpha value is -3.31. The highest BCUT2D eigenvalue weighted by atomic mass is 19.4. The largest absolute Gasteiger partial charge is 0.469 e. The maximum absolute atomic E-state index is 14.3. The van der Waals surface area contributed by atoms with Crippen LogP contribution in [0, 0.1) is 5.82 Å². The van der Waals surface area contributed by atoms with E-state index in [1.54, 1.807) is 20.8 Å². The Morgan fingerprint density at radius 2 is 1.54 bits per heavy atom. The number of alkyl halides is 6. The third kappa shape index (κ3) is 5.99. The summed E-state index contributed by atoms with van der Waals surface area (Å²) in [6.07, 6.45) is -11.7. The number of amides is 1. The van der Waals surface area contributed by atoms with Crippen molar-refractivity contribution in [2.24, 2.45) is 0 Å². The first-order valence-corrected chi connectivity index (χ1v) is 11.2. The second kappa shape index (κ2) is 10.2. The van der Waals surface area contributed by atoms with E-state index in [4.69, 9.17) is 9.47 Å². The van der Waals surface area contributed by atoms with E-state index in [1.807, 2.05) is 0 Å². The van der Waals surface area contributed by atoms with Crippen molar-refractivity contribution in [1.82, 2.24) is 0 Å². The minimum atomic E-state index is -5.14. The summed E-state index contributed by atoms with van der Waals surface area (Å²) < 4.78 is 106. The van der Waals surface area contributed by atoms with E-state index in [9.17, 15) is 40.3 Å². The molecule has 37 heavy (non-hydrogen) atoms. The maximum Gasteiger partial charge on any atom is 0.416 e. The first-order chi connectivity index (χ1) is 17.0. The average Bonchev–Trinajstić information content (AvgIpc) is 2.77. The Balaban J connectivity index is 2.25. The molecule has 0 fully saturated rings. The third-order valence-corrected chi connectivity index (χ3v) is 6.04. The van der Waals surface area contributed by atoms with Crippen LogP contribution in [-0.4, -0.2) is 31.3 Å². The van der Waals surface area contributed by atoms with Crippen LogP contribution in [0.15, 0.2) is 36.4 Å². The van der Waals surface area contributed by atoms with Crippen molar-refractivity contribution in [3.8, 4) is 0 Å². The van der Waals surface area contributed by atoms with Gasteiger partial charge in [0.05, 0.1) is 35.9 Å². The number of ether oxygens (including phenoxy) is 2. The van der Waals surface area contributed by atoms with Gasteiger partial charge in [-0.05, 0) is 74.7 Å². The molecule has 2 aromatic carbocycles. The number of rotatable bonds is 4. The van der Waals surface area contributed by atoms with Gasteiger partial charge in [-0.2, -0.15) is 26.3 Å². The summed E-state index contributed by atoms with van der Waals surface area (Å²) in [7, 11) is 0.943. The van der Waals surface area contributed by atoms with Crippen LogP contribution in [0.25, 0.3) is 0 Å². The number of fused-ring (bicyclic) bond motifs is 1. The molecule has 2 aromatic rings. The van der Waals surface area contributed by atoms with E-state index >= 15 is 0 Å². The lowest BCUT2D eigenvalue weighted by molar-refractivity contribution is -0.145. The molecule has 0 bridgehead atoms. The number of benzene rings is 2. The third-order valence-electron chi connectivity index (χ3n) is 6.04. The first-order valence-electron chi connectivity index (χ1n) is 11.2. The van der Waals surface area contributed by atoms with Crippen LogP contribution >= 0.6 is 0 Å². The van der Waals surface area contributed by atoms with Gasteiger partial charge in [0.25, 0.3) is 0 Å².